The molecule has 0 aliphatic carbocycles. The van der Waals surface area contributed by atoms with Gasteiger partial charge in [0, 0.05) is 6.07 Å². The largest absolute Gasteiger partial charge is 0.481 e. The lowest BCUT2D eigenvalue weighted by Crippen LogP contribution is -2.07. The number of ether oxygens (including phenoxy) is 1. The first kappa shape index (κ1) is 13.8. The van der Waals surface area contributed by atoms with Crippen LogP contribution in [0.3, 0.4) is 0 Å². The molecule has 0 bridgehead atoms. The average Bonchev–Trinajstić information content (AvgIpc) is 2.19. The molecule has 0 unspecified atom stereocenters. The molecule has 1 N–H and O–H groups in total. The number of carboxylic acid groups (broad SMARTS) is 1. The number of hydrogen-bond donors (Lipinski definition) is 1. The number of aryl methyl sites for hydroxylation is 1. The normalized spacial score (nSPS) is 10.4. The van der Waals surface area contributed by atoms with Gasteiger partial charge >= 0.3 is 18.3 Å². The van der Waals surface area contributed by atoms with E-state index in [4.69, 9.17) is 5.11 Å². The fourth-order valence-electron chi connectivity index (χ4n) is 1.40. The van der Waals surface area contributed by atoms with Crippen molar-refractivity contribution in [2.75, 3.05) is 0 Å². The van der Waals surface area contributed by atoms with Gasteiger partial charge in [0.2, 0.25) is 5.75 Å². The van der Waals surface area contributed by atoms with Crippen molar-refractivity contribution in [3.63, 3.8) is 0 Å². The summed E-state index contributed by atoms with van der Waals surface area (Å²) in [4.78, 5) is 20.3. The highest BCUT2D eigenvalue weighted by atomic mass is 19.3. The second-order valence-electron chi connectivity index (χ2n) is 3.45. The van der Waals surface area contributed by atoms with Gasteiger partial charge in [-0.15, -0.1) is 0 Å². The number of hydrogen-bond acceptors (Lipinski definition) is 4. The first-order chi connectivity index (χ1) is 8.31. The van der Waals surface area contributed by atoms with E-state index in [1.165, 1.54) is 6.92 Å². The highest BCUT2D eigenvalue weighted by Crippen LogP contribution is 2.31. The van der Waals surface area contributed by atoms with E-state index in [1.54, 1.807) is 0 Å². The van der Waals surface area contributed by atoms with E-state index in [0.717, 1.165) is 12.1 Å². The minimum absolute atomic E-state index is 0.177. The number of aliphatic carboxylic acids is 1. The lowest BCUT2D eigenvalue weighted by molar-refractivity contribution is -0.386. The van der Waals surface area contributed by atoms with E-state index in [0.29, 0.717) is 5.56 Å². The van der Waals surface area contributed by atoms with Crippen LogP contribution in [0.4, 0.5) is 14.5 Å². The lowest BCUT2D eigenvalue weighted by atomic mass is 10.0. The zero-order valence-corrected chi connectivity index (χ0v) is 9.22. The van der Waals surface area contributed by atoms with Gasteiger partial charge < -0.3 is 9.84 Å². The number of benzene rings is 1. The monoisotopic (exact) mass is 261 g/mol. The van der Waals surface area contributed by atoms with Gasteiger partial charge in [0.05, 0.1) is 11.3 Å². The third-order valence-corrected chi connectivity index (χ3v) is 2.17. The molecular formula is C10H9F2NO5. The SMILES string of the molecule is Cc1cc(OC(F)F)c([N+](=O)[O-])cc1CC(=O)O. The first-order valence-corrected chi connectivity index (χ1v) is 4.75. The van der Waals surface area contributed by atoms with Gasteiger partial charge in [0.15, 0.2) is 0 Å². The van der Waals surface area contributed by atoms with Crippen LogP contribution in [0.2, 0.25) is 0 Å². The van der Waals surface area contributed by atoms with Gasteiger partial charge in [0.25, 0.3) is 0 Å². The van der Waals surface area contributed by atoms with Crippen LogP contribution in [-0.4, -0.2) is 22.6 Å². The third-order valence-electron chi connectivity index (χ3n) is 2.17. The Hall–Kier alpha value is -2.25. The standard InChI is InChI=1S/C10H9F2NO5/c1-5-2-8(18-10(11)12)7(13(16)17)3-6(5)4-9(14)15/h2-3,10H,4H2,1H3,(H,14,15). The van der Waals surface area contributed by atoms with Crippen LogP contribution in [0.5, 0.6) is 5.75 Å². The van der Waals surface area contributed by atoms with Crippen LogP contribution < -0.4 is 4.74 Å². The minimum atomic E-state index is -3.19. The number of carboxylic acids is 1. The molecule has 0 saturated heterocycles. The van der Waals surface area contributed by atoms with Crippen molar-refractivity contribution in [3.8, 4) is 5.75 Å². The summed E-state index contributed by atoms with van der Waals surface area (Å²) >= 11 is 0. The molecular weight excluding hydrogens is 252 g/mol. The summed E-state index contributed by atoms with van der Waals surface area (Å²) in [6.45, 7) is -1.73. The second-order valence-corrected chi connectivity index (χ2v) is 3.45. The van der Waals surface area contributed by atoms with Gasteiger partial charge in [-0.05, 0) is 24.1 Å². The topological polar surface area (TPSA) is 89.7 Å². The second kappa shape index (κ2) is 5.39. The number of alkyl halides is 2. The van der Waals surface area contributed by atoms with Gasteiger partial charge in [-0.3, -0.25) is 14.9 Å². The number of nitro benzene ring substituents is 1. The van der Waals surface area contributed by atoms with Crippen molar-refractivity contribution in [1.82, 2.24) is 0 Å². The molecule has 0 radical (unpaired) electrons. The molecule has 1 aromatic carbocycles. The molecule has 98 valence electrons. The number of rotatable bonds is 5. The van der Waals surface area contributed by atoms with Crippen LogP contribution >= 0.6 is 0 Å². The summed E-state index contributed by atoms with van der Waals surface area (Å²) in [5.74, 6) is -1.75. The van der Waals surface area contributed by atoms with Crippen LogP contribution in [0.15, 0.2) is 12.1 Å². The highest BCUT2D eigenvalue weighted by Gasteiger charge is 2.21. The zero-order valence-electron chi connectivity index (χ0n) is 9.22. The summed E-state index contributed by atoms with van der Waals surface area (Å²) < 4.78 is 28.2. The van der Waals surface area contributed by atoms with Crippen LogP contribution in [0, 0.1) is 17.0 Å². The Morgan fingerprint density at radius 1 is 1.56 bits per heavy atom. The first-order valence-electron chi connectivity index (χ1n) is 4.75. The number of carbonyl (C=O) groups is 1. The molecule has 1 aromatic rings. The molecule has 0 aromatic heterocycles. The maximum absolute atomic E-state index is 12.1. The Morgan fingerprint density at radius 3 is 2.61 bits per heavy atom. The van der Waals surface area contributed by atoms with E-state index in [1.807, 2.05) is 0 Å². The van der Waals surface area contributed by atoms with Gasteiger partial charge in [-0.25, -0.2) is 0 Å². The highest BCUT2D eigenvalue weighted by molar-refractivity contribution is 5.71. The summed E-state index contributed by atoms with van der Waals surface area (Å²) in [6.07, 6.45) is -0.429. The molecule has 0 spiro atoms. The molecule has 0 saturated carbocycles. The molecule has 6 nitrogen and oxygen atoms in total. The lowest BCUT2D eigenvalue weighted by Gasteiger charge is -2.09. The predicted molar refractivity (Wildman–Crippen MR) is 55.8 cm³/mol. The van der Waals surface area contributed by atoms with E-state index in [-0.39, 0.29) is 5.56 Å². The molecule has 0 atom stereocenters. The smallest absolute Gasteiger partial charge is 0.387 e. The summed E-state index contributed by atoms with van der Waals surface area (Å²) in [5.41, 5.74) is -0.174. The van der Waals surface area contributed by atoms with Crippen molar-refractivity contribution in [1.29, 1.82) is 0 Å². The van der Waals surface area contributed by atoms with Gasteiger partial charge in [-0.2, -0.15) is 8.78 Å². The molecule has 18 heavy (non-hydrogen) atoms. The Morgan fingerprint density at radius 2 is 2.17 bits per heavy atom. The van der Waals surface area contributed by atoms with Crippen molar-refractivity contribution >= 4 is 11.7 Å². The Balaban J connectivity index is 3.25. The van der Waals surface area contributed by atoms with Crippen LogP contribution in [0.1, 0.15) is 11.1 Å². The Labute approximate surface area is 99.9 Å². The average molecular weight is 261 g/mol. The van der Waals surface area contributed by atoms with E-state index in [2.05, 4.69) is 4.74 Å². The molecule has 8 heteroatoms. The Kier molecular flexibility index (Phi) is 4.13. The van der Waals surface area contributed by atoms with Gasteiger partial charge in [0.1, 0.15) is 0 Å². The van der Waals surface area contributed by atoms with Crippen molar-refractivity contribution < 1.29 is 28.3 Å². The maximum atomic E-state index is 12.1. The third kappa shape index (κ3) is 3.37. The summed E-state index contributed by atoms with van der Waals surface area (Å²) in [6, 6.07) is 1.96. The van der Waals surface area contributed by atoms with Crippen molar-refractivity contribution in [2.24, 2.45) is 0 Å². The van der Waals surface area contributed by atoms with Crippen LogP contribution in [0.25, 0.3) is 0 Å². The van der Waals surface area contributed by atoms with E-state index >= 15 is 0 Å². The summed E-state index contributed by atoms with van der Waals surface area (Å²) in [7, 11) is 0. The summed E-state index contributed by atoms with van der Waals surface area (Å²) in [5, 5.41) is 19.3. The van der Waals surface area contributed by atoms with Crippen LogP contribution in [-0.2, 0) is 11.2 Å². The molecule has 0 fully saturated rings. The predicted octanol–water partition coefficient (Wildman–Crippen LogP) is 2.13. The number of halogens is 2. The molecule has 0 amide bonds. The molecule has 0 heterocycles. The van der Waals surface area contributed by atoms with E-state index < -0.39 is 35.4 Å². The molecule has 1 rings (SSSR count). The van der Waals surface area contributed by atoms with E-state index in [9.17, 15) is 23.7 Å². The van der Waals surface area contributed by atoms with Crippen molar-refractivity contribution in [2.45, 2.75) is 20.0 Å². The fraction of sp³-hybridized carbons (Fsp3) is 0.300. The zero-order chi connectivity index (χ0) is 13.9. The molecule has 0 aliphatic rings. The maximum Gasteiger partial charge on any atom is 0.387 e. The number of nitrogens with zero attached hydrogens (tertiary/aromatic N) is 1. The Bertz CT molecular complexity index is 489. The number of nitro groups is 1. The fourth-order valence-corrected chi connectivity index (χ4v) is 1.40. The minimum Gasteiger partial charge on any atom is -0.481 e. The van der Waals surface area contributed by atoms with Gasteiger partial charge in [-0.1, -0.05) is 0 Å². The quantitative estimate of drug-likeness (QED) is 0.647. The molecule has 0 aliphatic heterocycles. The van der Waals surface area contributed by atoms with Crippen molar-refractivity contribution in [3.05, 3.63) is 33.4 Å².